The lowest BCUT2D eigenvalue weighted by Gasteiger charge is -2.03. The Labute approximate surface area is 188 Å². The monoisotopic (exact) mass is 431 g/mol. The van der Waals surface area contributed by atoms with Gasteiger partial charge in [-0.3, -0.25) is 14.9 Å². The third kappa shape index (κ3) is 14.4. The summed E-state index contributed by atoms with van der Waals surface area (Å²) in [4.78, 5) is 22.3. The largest absolute Gasteiger partial charge is 0.278 e. The average Bonchev–Trinajstić information content (AvgIpc) is 2.76. The van der Waals surface area contributed by atoms with E-state index in [0.29, 0.717) is 12.0 Å². The molecule has 0 aliphatic carbocycles. The van der Waals surface area contributed by atoms with Crippen molar-refractivity contribution in [3.05, 3.63) is 39.9 Å². The molecule has 31 heavy (non-hydrogen) atoms. The molecular weight excluding hydrogens is 390 g/mol. The fourth-order valence-electron chi connectivity index (χ4n) is 3.65. The molecule has 0 saturated heterocycles. The van der Waals surface area contributed by atoms with Gasteiger partial charge in [0, 0.05) is 12.5 Å². The number of hydrogen-bond donors (Lipinski definition) is 1. The van der Waals surface area contributed by atoms with Gasteiger partial charge in [-0.05, 0) is 12.5 Å². The maximum absolute atomic E-state index is 11.8. The van der Waals surface area contributed by atoms with Gasteiger partial charge in [0.2, 0.25) is 5.91 Å². The van der Waals surface area contributed by atoms with Gasteiger partial charge in [0.15, 0.2) is 0 Å². The van der Waals surface area contributed by atoms with Crippen molar-refractivity contribution in [1.82, 2.24) is 5.43 Å². The van der Waals surface area contributed by atoms with E-state index in [9.17, 15) is 14.9 Å². The minimum absolute atomic E-state index is 0.0251. The number of carbonyl (C=O) groups is 1. The predicted octanol–water partition coefficient (Wildman–Crippen LogP) is 7.31. The number of rotatable bonds is 19. The van der Waals surface area contributed by atoms with Crippen LogP contribution in [0.4, 0.5) is 5.69 Å². The van der Waals surface area contributed by atoms with Crippen LogP contribution in [0.1, 0.15) is 115 Å². The number of nitro groups is 1. The van der Waals surface area contributed by atoms with Crippen LogP contribution >= 0.6 is 0 Å². The number of unbranched alkanes of at least 4 members (excludes halogenated alkanes) is 14. The molecule has 0 fully saturated rings. The second-order valence-corrected chi connectivity index (χ2v) is 8.31. The molecule has 1 amide bonds. The molecule has 6 nitrogen and oxygen atoms in total. The zero-order valence-electron chi connectivity index (χ0n) is 19.3. The lowest BCUT2D eigenvalue weighted by atomic mass is 10.0. The highest BCUT2D eigenvalue weighted by atomic mass is 16.6. The van der Waals surface area contributed by atoms with E-state index in [2.05, 4.69) is 17.5 Å². The first-order valence-electron chi connectivity index (χ1n) is 12.2. The second kappa shape index (κ2) is 18.5. The molecule has 1 aromatic rings. The molecule has 1 aromatic carbocycles. The summed E-state index contributed by atoms with van der Waals surface area (Å²) in [5.74, 6) is -0.149. The van der Waals surface area contributed by atoms with E-state index in [4.69, 9.17) is 0 Å². The van der Waals surface area contributed by atoms with Crippen molar-refractivity contribution in [2.45, 2.75) is 110 Å². The summed E-state index contributed by atoms with van der Waals surface area (Å²) in [6, 6.07) is 6.32. The van der Waals surface area contributed by atoms with Crippen molar-refractivity contribution >= 4 is 17.8 Å². The SMILES string of the molecule is CCCCCCCCCCCCCCCCCC(=O)N/N=C\c1ccccc1[N+](=O)[O-]. The summed E-state index contributed by atoms with van der Waals surface area (Å²) in [6.45, 7) is 2.26. The Bertz CT molecular complexity index is 647. The number of nitrogens with zero attached hydrogens (tertiary/aromatic N) is 2. The minimum atomic E-state index is -0.460. The number of nitro benzene ring substituents is 1. The van der Waals surface area contributed by atoms with E-state index in [-0.39, 0.29) is 11.6 Å². The van der Waals surface area contributed by atoms with Crippen molar-refractivity contribution in [2.24, 2.45) is 5.10 Å². The fourth-order valence-corrected chi connectivity index (χ4v) is 3.65. The summed E-state index contributed by atoms with van der Waals surface area (Å²) < 4.78 is 0. The van der Waals surface area contributed by atoms with Gasteiger partial charge >= 0.3 is 0 Å². The normalized spacial score (nSPS) is 11.1. The van der Waals surface area contributed by atoms with Crippen LogP contribution in [0.25, 0.3) is 0 Å². The third-order valence-electron chi connectivity index (χ3n) is 5.53. The Morgan fingerprint density at radius 1 is 0.871 bits per heavy atom. The number of nitrogens with one attached hydrogen (secondary N) is 1. The number of para-hydroxylation sites is 1. The van der Waals surface area contributed by atoms with Gasteiger partial charge in [-0.2, -0.15) is 5.10 Å². The number of hydrazone groups is 1. The van der Waals surface area contributed by atoms with Crippen molar-refractivity contribution < 1.29 is 9.72 Å². The van der Waals surface area contributed by atoms with Gasteiger partial charge in [-0.15, -0.1) is 0 Å². The third-order valence-corrected chi connectivity index (χ3v) is 5.53. The highest BCUT2D eigenvalue weighted by Crippen LogP contribution is 2.15. The molecule has 0 unspecified atom stereocenters. The summed E-state index contributed by atoms with van der Waals surface area (Å²) in [5.41, 5.74) is 2.80. The summed E-state index contributed by atoms with van der Waals surface area (Å²) in [5, 5.41) is 14.8. The van der Waals surface area contributed by atoms with Crippen LogP contribution in [0.3, 0.4) is 0 Å². The molecule has 174 valence electrons. The quantitative estimate of drug-likeness (QED) is 0.108. The first-order chi connectivity index (χ1) is 15.1. The molecule has 6 heteroatoms. The molecule has 0 radical (unpaired) electrons. The number of carbonyl (C=O) groups excluding carboxylic acids is 1. The van der Waals surface area contributed by atoms with Crippen LogP contribution in [0.5, 0.6) is 0 Å². The van der Waals surface area contributed by atoms with E-state index < -0.39 is 4.92 Å². The van der Waals surface area contributed by atoms with Crippen molar-refractivity contribution in [3.63, 3.8) is 0 Å². The molecule has 0 heterocycles. The topological polar surface area (TPSA) is 84.6 Å². The Balaban J connectivity index is 1.93. The van der Waals surface area contributed by atoms with Gasteiger partial charge in [0.05, 0.1) is 16.7 Å². The molecule has 0 spiro atoms. The van der Waals surface area contributed by atoms with Crippen LogP contribution in [-0.4, -0.2) is 17.0 Å². The van der Waals surface area contributed by atoms with E-state index in [1.54, 1.807) is 18.2 Å². The molecule has 0 bridgehead atoms. The van der Waals surface area contributed by atoms with Gasteiger partial charge in [-0.25, -0.2) is 5.43 Å². The molecule has 1 N–H and O–H groups in total. The van der Waals surface area contributed by atoms with E-state index in [0.717, 1.165) is 12.8 Å². The number of benzene rings is 1. The van der Waals surface area contributed by atoms with Crippen molar-refractivity contribution in [2.75, 3.05) is 0 Å². The van der Waals surface area contributed by atoms with E-state index in [1.165, 1.54) is 95.8 Å². The smallest absolute Gasteiger partial charge is 0.273 e. The van der Waals surface area contributed by atoms with Gasteiger partial charge in [0.25, 0.3) is 5.69 Å². The fraction of sp³-hybridized carbons (Fsp3) is 0.680. The first-order valence-corrected chi connectivity index (χ1v) is 12.2. The highest BCUT2D eigenvalue weighted by molar-refractivity contribution is 5.86. The Morgan fingerprint density at radius 2 is 1.35 bits per heavy atom. The molecular formula is C25H41N3O3. The molecule has 0 aromatic heterocycles. The van der Waals surface area contributed by atoms with Crippen molar-refractivity contribution in [1.29, 1.82) is 0 Å². The molecule has 0 aliphatic rings. The zero-order valence-corrected chi connectivity index (χ0v) is 19.3. The van der Waals surface area contributed by atoms with Crippen molar-refractivity contribution in [3.8, 4) is 0 Å². The number of hydrogen-bond acceptors (Lipinski definition) is 4. The molecule has 1 rings (SSSR count). The van der Waals surface area contributed by atoms with Gasteiger partial charge < -0.3 is 0 Å². The maximum Gasteiger partial charge on any atom is 0.278 e. The van der Waals surface area contributed by atoms with Crippen LogP contribution in [-0.2, 0) is 4.79 Å². The minimum Gasteiger partial charge on any atom is -0.273 e. The van der Waals surface area contributed by atoms with Crippen LogP contribution in [0, 0.1) is 10.1 Å². The summed E-state index contributed by atoms with van der Waals surface area (Å²) in [6.07, 6.45) is 21.2. The van der Waals surface area contributed by atoms with Crippen LogP contribution in [0.15, 0.2) is 29.4 Å². The standard InChI is InChI=1S/C25H41N3O3/c1-2-3-4-5-6-7-8-9-10-11-12-13-14-15-16-21-25(29)27-26-22-23-19-17-18-20-24(23)28(30)31/h17-20,22H,2-16,21H2,1H3,(H,27,29)/b26-22-. The zero-order chi connectivity index (χ0) is 22.6. The van der Waals surface area contributed by atoms with Gasteiger partial charge in [-0.1, -0.05) is 109 Å². The first kappa shape index (κ1) is 26.8. The van der Waals surface area contributed by atoms with Crippen LogP contribution < -0.4 is 5.43 Å². The second-order valence-electron chi connectivity index (χ2n) is 8.31. The Morgan fingerprint density at radius 3 is 1.87 bits per heavy atom. The molecule has 0 aliphatic heterocycles. The predicted molar refractivity (Wildman–Crippen MR) is 128 cm³/mol. The molecule has 0 saturated carbocycles. The number of amides is 1. The lowest BCUT2D eigenvalue weighted by Crippen LogP contribution is -2.17. The Kier molecular flexibility index (Phi) is 16.0. The summed E-state index contributed by atoms with van der Waals surface area (Å²) >= 11 is 0. The molecule has 0 atom stereocenters. The van der Waals surface area contributed by atoms with Gasteiger partial charge in [0.1, 0.15) is 0 Å². The van der Waals surface area contributed by atoms with Crippen LogP contribution in [0.2, 0.25) is 0 Å². The highest BCUT2D eigenvalue weighted by Gasteiger charge is 2.10. The average molecular weight is 432 g/mol. The van der Waals surface area contributed by atoms with E-state index in [1.807, 2.05) is 0 Å². The maximum atomic E-state index is 11.8. The summed E-state index contributed by atoms with van der Waals surface area (Å²) in [7, 11) is 0. The lowest BCUT2D eigenvalue weighted by molar-refractivity contribution is -0.385. The van der Waals surface area contributed by atoms with E-state index >= 15 is 0 Å². The Hall–Kier alpha value is -2.24.